The Bertz CT molecular complexity index is 483. The molecule has 0 aromatic heterocycles. The summed E-state index contributed by atoms with van der Waals surface area (Å²) < 4.78 is 0. The van der Waals surface area contributed by atoms with Crippen LogP contribution in [0.5, 0.6) is 0 Å². The van der Waals surface area contributed by atoms with Crippen molar-refractivity contribution >= 4 is 11.7 Å². The summed E-state index contributed by atoms with van der Waals surface area (Å²) >= 11 is 0. The second kappa shape index (κ2) is 5.09. The number of hydrogen-bond donors (Lipinski definition) is 1. The minimum absolute atomic E-state index is 0.126. The van der Waals surface area contributed by atoms with Crippen LogP contribution >= 0.6 is 0 Å². The van der Waals surface area contributed by atoms with Crippen molar-refractivity contribution in [2.24, 2.45) is 0 Å². The monoisotopic (exact) mass is 276 g/mol. The topological polar surface area (TPSA) is 43.8 Å². The molecule has 0 aliphatic carbocycles. The van der Waals surface area contributed by atoms with Gasteiger partial charge < -0.3 is 10.0 Å². The highest BCUT2D eigenvalue weighted by molar-refractivity contribution is 5.94. The quantitative estimate of drug-likeness (QED) is 0.921. The van der Waals surface area contributed by atoms with E-state index in [2.05, 4.69) is 6.92 Å². The van der Waals surface area contributed by atoms with Gasteiger partial charge in [0.15, 0.2) is 0 Å². The Kier molecular flexibility index (Phi) is 3.78. The van der Waals surface area contributed by atoms with Gasteiger partial charge in [0.2, 0.25) is 0 Å². The Labute approximate surface area is 121 Å². The first-order valence-corrected chi connectivity index (χ1v) is 7.19. The Morgan fingerprint density at radius 1 is 1.20 bits per heavy atom. The molecule has 1 aliphatic heterocycles. The third-order valence-corrected chi connectivity index (χ3v) is 3.86. The predicted molar refractivity (Wildman–Crippen MR) is 80.6 cm³/mol. The van der Waals surface area contributed by atoms with Crippen molar-refractivity contribution in [3.05, 3.63) is 30.3 Å². The molecule has 1 aromatic rings. The van der Waals surface area contributed by atoms with E-state index in [0.29, 0.717) is 13.0 Å². The van der Waals surface area contributed by atoms with Crippen LogP contribution in [0.1, 0.15) is 40.5 Å². The number of aliphatic hydroxyl groups is 1. The van der Waals surface area contributed by atoms with Crippen molar-refractivity contribution in [2.45, 2.75) is 51.8 Å². The molecular formula is C16H24N2O2. The van der Waals surface area contributed by atoms with E-state index in [1.165, 1.54) is 4.90 Å². The number of nitrogens with zero attached hydrogens (tertiary/aromatic N) is 2. The van der Waals surface area contributed by atoms with Crippen LogP contribution in [0.25, 0.3) is 0 Å². The Morgan fingerprint density at radius 3 is 2.35 bits per heavy atom. The number of hydrogen-bond acceptors (Lipinski definition) is 2. The van der Waals surface area contributed by atoms with Crippen LogP contribution in [0.15, 0.2) is 30.3 Å². The average Bonchev–Trinajstić information content (AvgIpc) is 2.34. The molecule has 1 N–H and O–H groups in total. The molecule has 1 saturated heterocycles. The summed E-state index contributed by atoms with van der Waals surface area (Å²) in [6.45, 7) is 8.49. The molecule has 0 unspecified atom stereocenters. The summed E-state index contributed by atoms with van der Waals surface area (Å²) in [5.74, 6) is 0. The van der Waals surface area contributed by atoms with Gasteiger partial charge in [-0.2, -0.15) is 0 Å². The lowest BCUT2D eigenvalue weighted by Gasteiger charge is -2.53. The van der Waals surface area contributed by atoms with Gasteiger partial charge in [0.25, 0.3) is 0 Å². The van der Waals surface area contributed by atoms with E-state index in [1.807, 2.05) is 49.1 Å². The molecule has 1 fully saturated rings. The molecule has 2 amide bonds. The molecule has 1 heterocycles. The van der Waals surface area contributed by atoms with Crippen LogP contribution in [-0.4, -0.2) is 33.8 Å². The summed E-state index contributed by atoms with van der Waals surface area (Å²) in [5.41, 5.74) is -0.785. The lowest BCUT2D eigenvalue weighted by Crippen LogP contribution is -2.68. The number of rotatable bonds is 3. The van der Waals surface area contributed by atoms with Crippen molar-refractivity contribution in [2.75, 3.05) is 11.4 Å². The highest BCUT2D eigenvalue weighted by atomic mass is 16.3. The van der Waals surface area contributed by atoms with Crippen molar-refractivity contribution in [1.82, 2.24) is 4.90 Å². The summed E-state index contributed by atoms with van der Waals surface area (Å²) in [7, 11) is 0. The molecule has 4 heteroatoms. The van der Waals surface area contributed by atoms with E-state index in [9.17, 15) is 9.90 Å². The highest BCUT2D eigenvalue weighted by Gasteiger charge is 2.49. The van der Waals surface area contributed by atoms with E-state index in [0.717, 1.165) is 12.1 Å². The fourth-order valence-corrected chi connectivity index (χ4v) is 3.17. The lowest BCUT2D eigenvalue weighted by molar-refractivity contribution is -0.0252. The zero-order chi connectivity index (χ0) is 15.0. The molecule has 0 radical (unpaired) electrons. The third kappa shape index (κ3) is 2.52. The second-order valence-electron chi connectivity index (χ2n) is 6.31. The van der Waals surface area contributed by atoms with Gasteiger partial charge in [-0.25, -0.2) is 4.79 Å². The van der Waals surface area contributed by atoms with Crippen molar-refractivity contribution in [1.29, 1.82) is 0 Å². The van der Waals surface area contributed by atoms with E-state index in [1.54, 1.807) is 6.92 Å². The number of para-hydroxylation sites is 1. The molecule has 4 nitrogen and oxygen atoms in total. The zero-order valence-electron chi connectivity index (χ0n) is 12.8. The Balaban J connectivity index is 2.43. The molecule has 1 atom stereocenters. The van der Waals surface area contributed by atoms with Gasteiger partial charge in [0.1, 0.15) is 5.72 Å². The number of urea groups is 1. The van der Waals surface area contributed by atoms with Crippen molar-refractivity contribution in [3.63, 3.8) is 0 Å². The number of carbonyl (C=O) groups excluding carboxylic acids is 1. The van der Waals surface area contributed by atoms with Crippen LogP contribution < -0.4 is 4.90 Å². The van der Waals surface area contributed by atoms with Crippen LogP contribution in [0, 0.1) is 0 Å². The minimum Gasteiger partial charge on any atom is -0.371 e. The first-order valence-electron chi connectivity index (χ1n) is 7.19. The molecule has 2 rings (SSSR count). The number of anilines is 1. The van der Waals surface area contributed by atoms with Gasteiger partial charge >= 0.3 is 6.03 Å². The van der Waals surface area contributed by atoms with Crippen molar-refractivity contribution in [3.8, 4) is 0 Å². The second-order valence-corrected chi connectivity index (χ2v) is 6.31. The van der Waals surface area contributed by atoms with Gasteiger partial charge in [-0.15, -0.1) is 0 Å². The van der Waals surface area contributed by atoms with Gasteiger partial charge in [-0.3, -0.25) is 4.90 Å². The molecule has 0 saturated carbocycles. The zero-order valence-corrected chi connectivity index (χ0v) is 12.8. The van der Waals surface area contributed by atoms with Crippen molar-refractivity contribution < 1.29 is 9.90 Å². The standard InChI is InChI=1S/C16H24N2O2/c1-5-11-17-14(19)18(13-9-7-6-8-10-13)16(4,20)12-15(17,2)3/h6-10,20H,5,11-12H2,1-4H3/t16-/m0/s1. The van der Waals surface area contributed by atoms with E-state index >= 15 is 0 Å². The molecular weight excluding hydrogens is 252 g/mol. The first-order chi connectivity index (χ1) is 9.29. The van der Waals surface area contributed by atoms with E-state index < -0.39 is 5.72 Å². The maximum absolute atomic E-state index is 12.8. The Hall–Kier alpha value is -1.55. The minimum atomic E-state index is -1.17. The highest BCUT2D eigenvalue weighted by Crippen LogP contribution is 2.38. The fraction of sp³-hybridized carbons (Fsp3) is 0.562. The van der Waals surface area contributed by atoms with E-state index in [-0.39, 0.29) is 11.6 Å². The summed E-state index contributed by atoms with van der Waals surface area (Å²) in [6.07, 6.45) is 1.42. The van der Waals surface area contributed by atoms with Crippen LogP contribution in [0.4, 0.5) is 10.5 Å². The van der Waals surface area contributed by atoms with Gasteiger partial charge in [0.05, 0.1) is 0 Å². The van der Waals surface area contributed by atoms with Gasteiger partial charge in [-0.1, -0.05) is 25.1 Å². The first kappa shape index (κ1) is 14.9. The van der Waals surface area contributed by atoms with Gasteiger partial charge in [-0.05, 0) is 39.3 Å². The fourth-order valence-electron chi connectivity index (χ4n) is 3.17. The van der Waals surface area contributed by atoms with Crippen LogP contribution in [0.3, 0.4) is 0 Å². The number of benzene rings is 1. The molecule has 0 spiro atoms. The average molecular weight is 276 g/mol. The van der Waals surface area contributed by atoms with Crippen LogP contribution in [0.2, 0.25) is 0 Å². The van der Waals surface area contributed by atoms with Gasteiger partial charge in [0, 0.05) is 24.2 Å². The summed E-state index contributed by atoms with van der Waals surface area (Å²) in [4.78, 5) is 16.2. The predicted octanol–water partition coefficient (Wildman–Crippen LogP) is 3.22. The largest absolute Gasteiger partial charge is 0.371 e. The summed E-state index contributed by atoms with van der Waals surface area (Å²) in [5, 5.41) is 10.8. The third-order valence-electron chi connectivity index (χ3n) is 3.86. The summed E-state index contributed by atoms with van der Waals surface area (Å²) in [6, 6.07) is 9.24. The smallest absolute Gasteiger partial charge is 0.327 e. The molecule has 1 aromatic carbocycles. The SMILES string of the molecule is CCCN1C(=O)N(c2ccccc2)[C@@](C)(O)CC1(C)C. The van der Waals surface area contributed by atoms with Crippen LogP contribution in [-0.2, 0) is 0 Å². The maximum Gasteiger partial charge on any atom is 0.327 e. The number of carbonyl (C=O) groups is 1. The molecule has 0 bridgehead atoms. The lowest BCUT2D eigenvalue weighted by atomic mass is 9.87. The Morgan fingerprint density at radius 2 is 1.80 bits per heavy atom. The molecule has 1 aliphatic rings. The normalized spacial score (nSPS) is 25.9. The molecule has 20 heavy (non-hydrogen) atoms. The molecule has 110 valence electrons. The van der Waals surface area contributed by atoms with E-state index in [4.69, 9.17) is 0 Å². The maximum atomic E-state index is 12.8. The number of amides is 2.